The predicted molar refractivity (Wildman–Crippen MR) is 99.2 cm³/mol. The van der Waals surface area contributed by atoms with E-state index in [1.807, 2.05) is 20.9 Å². The number of nitrogens with one attached hydrogen (secondary N) is 2. The molecule has 1 atom stereocenters. The summed E-state index contributed by atoms with van der Waals surface area (Å²) in [4.78, 5) is 26.0. The van der Waals surface area contributed by atoms with Gasteiger partial charge in [0.15, 0.2) is 5.82 Å². The highest BCUT2D eigenvalue weighted by Gasteiger charge is 2.55. The normalized spacial score (nSPS) is 33.3. The molecule has 142 valence electrons. The Balaban J connectivity index is 1.46. The highest BCUT2D eigenvalue weighted by Crippen LogP contribution is 2.60. The molecule has 4 fully saturated rings. The largest absolute Gasteiger partial charge is 0.344 e. The van der Waals surface area contributed by atoms with Gasteiger partial charge in [-0.1, -0.05) is 13.8 Å². The van der Waals surface area contributed by atoms with E-state index < -0.39 is 6.04 Å². The van der Waals surface area contributed by atoms with E-state index in [1.54, 1.807) is 16.9 Å². The van der Waals surface area contributed by atoms with E-state index in [1.165, 1.54) is 19.3 Å². The van der Waals surface area contributed by atoms with Crippen LogP contribution >= 0.6 is 0 Å². The van der Waals surface area contributed by atoms with Gasteiger partial charge < -0.3 is 10.6 Å². The van der Waals surface area contributed by atoms with Crippen LogP contribution in [0.5, 0.6) is 0 Å². The third-order valence-electron chi connectivity index (χ3n) is 6.72. The van der Waals surface area contributed by atoms with Gasteiger partial charge >= 0.3 is 0 Å². The van der Waals surface area contributed by atoms with Crippen molar-refractivity contribution in [2.75, 3.05) is 5.32 Å². The highest BCUT2D eigenvalue weighted by atomic mass is 16.2. The quantitative estimate of drug-likeness (QED) is 0.850. The molecule has 6 heteroatoms. The Morgan fingerprint density at radius 2 is 1.73 bits per heavy atom. The zero-order valence-corrected chi connectivity index (χ0v) is 16.0. The minimum atomic E-state index is -0.530. The molecule has 26 heavy (non-hydrogen) atoms. The molecule has 0 radical (unpaired) electrons. The Morgan fingerprint density at radius 3 is 2.19 bits per heavy atom. The van der Waals surface area contributed by atoms with Gasteiger partial charge in [0.05, 0.1) is 0 Å². The van der Waals surface area contributed by atoms with E-state index in [4.69, 9.17) is 0 Å². The van der Waals surface area contributed by atoms with Gasteiger partial charge in [-0.15, -0.1) is 0 Å². The molecule has 1 heterocycles. The van der Waals surface area contributed by atoms with Crippen molar-refractivity contribution in [1.29, 1.82) is 0 Å². The molecule has 4 aliphatic rings. The van der Waals surface area contributed by atoms with Crippen molar-refractivity contribution in [1.82, 2.24) is 15.1 Å². The average molecular weight is 358 g/mol. The van der Waals surface area contributed by atoms with Crippen LogP contribution in [0.25, 0.3) is 0 Å². The summed E-state index contributed by atoms with van der Waals surface area (Å²) in [6.07, 6.45) is 8.74. The SMILES string of the molecule is CC(C)C(NC(=O)C12CC3CC(CC(C3)C1)C2)C(=O)Nc1ccn(C)n1. The van der Waals surface area contributed by atoms with Crippen molar-refractivity contribution in [3.63, 3.8) is 0 Å². The number of aromatic nitrogens is 2. The summed E-state index contributed by atoms with van der Waals surface area (Å²) in [5.41, 5.74) is -0.229. The number of nitrogens with zero attached hydrogens (tertiary/aromatic N) is 2. The lowest BCUT2D eigenvalue weighted by Crippen LogP contribution is -2.57. The maximum Gasteiger partial charge on any atom is 0.248 e. The number of aryl methyl sites for hydroxylation is 1. The molecule has 0 saturated heterocycles. The third kappa shape index (κ3) is 3.14. The zero-order chi connectivity index (χ0) is 18.5. The topological polar surface area (TPSA) is 76.0 Å². The smallest absolute Gasteiger partial charge is 0.248 e. The molecule has 6 nitrogen and oxygen atoms in total. The van der Waals surface area contributed by atoms with Crippen LogP contribution in [0.15, 0.2) is 12.3 Å². The fourth-order valence-corrected chi connectivity index (χ4v) is 5.90. The Kier molecular flexibility index (Phi) is 4.32. The minimum Gasteiger partial charge on any atom is -0.344 e. The number of rotatable bonds is 5. The second-order valence-corrected chi connectivity index (χ2v) is 9.26. The summed E-state index contributed by atoms with van der Waals surface area (Å²) < 4.78 is 1.65. The molecule has 4 saturated carbocycles. The van der Waals surface area contributed by atoms with Gasteiger partial charge in [0, 0.05) is 24.7 Å². The molecular formula is C20H30N4O2. The van der Waals surface area contributed by atoms with Crippen LogP contribution < -0.4 is 10.6 Å². The van der Waals surface area contributed by atoms with Gasteiger partial charge in [0.25, 0.3) is 0 Å². The number of anilines is 1. The number of hydrogen-bond donors (Lipinski definition) is 2. The molecule has 0 aliphatic heterocycles. The molecule has 1 unspecified atom stereocenters. The van der Waals surface area contributed by atoms with E-state index in [2.05, 4.69) is 15.7 Å². The van der Waals surface area contributed by atoms with E-state index in [0.717, 1.165) is 19.3 Å². The van der Waals surface area contributed by atoms with Crippen molar-refractivity contribution in [3.05, 3.63) is 12.3 Å². The lowest BCUT2D eigenvalue weighted by molar-refractivity contribution is -0.148. The fourth-order valence-electron chi connectivity index (χ4n) is 5.90. The van der Waals surface area contributed by atoms with Gasteiger partial charge in [-0.05, 0) is 62.2 Å². The first-order valence-electron chi connectivity index (χ1n) is 9.96. The van der Waals surface area contributed by atoms with E-state index in [-0.39, 0.29) is 23.1 Å². The lowest BCUT2D eigenvalue weighted by Gasteiger charge is -2.55. The second kappa shape index (κ2) is 6.39. The van der Waals surface area contributed by atoms with Crippen LogP contribution in [0.2, 0.25) is 0 Å². The zero-order valence-electron chi connectivity index (χ0n) is 16.0. The molecule has 1 aromatic rings. The average Bonchev–Trinajstić information content (AvgIpc) is 2.95. The number of hydrogen-bond acceptors (Lipinski definition) is 3. The van der Waals surface area contributed by atoms with Gasteiger partial charge in [-0.25, -0.2) is 0 Å². The van der Waals surface area contributed by atoms with E-state index in [9.17, 15) is 9.59 Å². The van der Waals surface area contributed by atoms with Crippen LogP contribution in [0.1, 0.15) is 52.4 Å². The summed E-state index contributed by atoms with van der Waals surface area (Å²) in [5, 5.41) is 10.2. The maximum atomic E-state index is 13.3. The number of carbonyl (C=O) groups is 2. The molecule has 2 amide bonds. The van der Waals surface area contributed by atoms with E-state index >= 15 is 0 Å². The standard InChI is InChI=1S/C20H30N4O2/c1-12(2)17(18(25)21-16-4-5-24(3)23-16)22-19(26)20-9-13-6-14(10-20)8-15(7-13)11-20/h4-5,12-15,17H,6-11H2,1-3H3,(H,22,26)(H,21,23,25). The summed E-state index contributed by atoms with van der Waals surface area (Å²) in [6, 6.07) is 1.23. The van der Waals surface area contributed by atoms with Crippen molar-refractivity contribution in [3.8, 4) is 0 Å². The van der Waals surface area contributed by atoms with E-state index in [0.29, 0.717) is 23.6 Å². The Morgan fingerprint density at radius 1 is 1.15 bits per heavy atom. The van der Waals surface area contributed by atoms with Crippen molar-refractivity contribution in [2.24, 2.45) is 36.1 Å². The van der Waals surface area contributed by atoms with Gasteiger partial charge in [-0.3, -0.25) is 14.3 Å². The van der Waals surface area contributed by atoms with Crippen molar-refractivity contribution >= 4 is 17.6 Å². The van der Waals surface area contributed by atoms with Crippen LogP contribution in [0, 0.1) is 29.1 Å². The van der Waals surface area contributed by atoms with Gasteiger partial charge in [-0.2, -0.15) is 5.10 Å². The van der Waals surface area contributed by atoms with Gasteiger partial charge in [0.2, 0.25) is 11.8 Å². The van der Waals surface area contributed by atoms with Crippen LogP contribution in [-0.4, -0.2) is 27.6 Å². The number of amides is 2. The Labute approximate surface area is 155 Å². The molecule has 0 aromatic carbocycles. The molecule has 0 spiro atoms. The molecule has 1 aromatic heterocycles. The van der Waals surface area contributed by atoms with Crippen LogP contribution in [-0.2, 0) is 16.6 Å². The molecule has 5 rings (SSSR count). The van der Waals surface area contributed by atoms with Crippen molar-refractivity contribution in [2.45, 2.75) is 58.4 Å². The van der Waals surface area contributed by atoms with Gasteiger partial charge in [0.1, 0.15) is 6.04 Å². The monoisotopic (exact) mass is 358 g/mol. The highest BCUT2D eigenvalue weighted by molar-refractivity contribution is 5.97. The molecule has 4 bridgehead atoms. The minimum absolute atomic E-state index is 0.0246. The summed E-state index contributed by atoms with van der Waals surface area (Å²) in [6.45, 7) is 3.95. The maximum absolute atomic E-state index is 13.3. The lowest BCUT2D eigenvalue weighted by atomic mass is 9.49. The van der Waals surface area contributed by atoms with Crippen LogP contribution in [0.3, 0.4) is 0 Å². The Hall–Kier alpha value is -1.85. The Bertz CT molecular complexity index is 673. The predicted octanol–water partition coefficient (Wildman–Crippen LogP) is 2.72. The molecule has 2 N–H and O–H groups in total. The van der Waals surface area contributed by atoms with Crippen LogP contribution in [0.4, 0.5) is 5.82 Å². The first kappa shape index (κ1) is 17.6. The summed E-state index contributed by atoms with van der Waals surface area (Å²) >= 11 is 0. The summed E-state index contributed by atoms with van der Waals surface area (Å²) in [5.74, 6) is 2.61. The molecular weight excluding hydrogens is 328 g/mol. The van der Waals surface area contributed by atoms with Crippen molar-refractivity contribution < 1.29 is 9.59 Å². The number of carbonyl (C=O) groups excluding carboxylic acids is 2. The molecule has 4 aliphatic carbocycles. The second-order valence-electron chi connectivity index (χ2n) is 9.26. The first-order valence-corrected chi connectivity index (χ1v) is 9.96. The first-order chi connectivity index (χ1) is 12.3. The summed E-state index contributed by atoms with van der Waals surface area (Å²) in [7, 11) is 1.81. The fraction of sp³-hybridized carbons (Fsp3) is 0.750. The third-order valence-corrected chi connectivity index (χ3v) is 6.72.